The number of carbonyl (C=O) groups excluding carboxylic acids is 1. The minimum atomic E-state index is -0.655. The molecule has 1 aliphatic carbocycles. The minimum absolute atomic E-state index is 0.480. The van der Waals surface area contributed by atoms with Gasteiger partial charge in [-0.1, -0.05) is 24.6 Å². The maximum absolute atomic E-state index is 12.0. The SMILES string of the molecule is COC(=O)NC1(c2nnnn2-c2cccc(Cl)c2C)CCC(C)CC1. The molecule has 1 aromatic heterocycles. The van der Waals surface area contributed by atoms with Crippen LogP contribution in [0.4, 0.5) is 4.79 Å². The Balaban J connectivity index is 2.08. The number of benzene rings is 1. The lowest BCUT2D eigenvalue weighted by Gasteiger charge is -2.38. The number of methoxy groups -OCH3 is 1. The highest BCUT2D eigenvalue weighted by molar-refractivity contribution is 6.31. The van der Waals surface area contributed by atoms with E-state index in [2.05, 4.69) is 27.8 Å². The van der Waals surface area contributed by atoms with Crippen LogP contribution in [0.15, 0.2) is 18.2 Å². The molecular weight excluding hydrogens is 342 g/mol. The Morgan fingerprint density at radius 3 is 2.80 bits per heavy atom. The molecule has 1 N–H and O–H groups in total. The Morgan fingerprint density at radius 1 is 1.40 bits per heavy atom. The van der Waals surface area contributed by atoms with Gasteiger partial charge in [0.2, 0.25) is 0 Å². The highest BCUT2D eigenvalue weighted by atomic mass is 35.5. The van der Waals surface area contributed by atoms with Gasteiger partial charge in [0.1, 0.15) is 5.54 Å². The summed E-state index contributed by atoms with van der Waals surface area (Å²) in [6.45, 7) is 4.14. The molecule has 1 saturated carbocycles. The molecule has 0 aliphatic heterocycles. The average Bonchev–Trinajstić information content (AvgIpc) is 3.09. The number of hydrogen-bond donors (Lipinski definition) is 1. The second-order valence-electron chi connectivity index (χ2n) is 6.68. The molecule has 0 radical (unpaired) electrons. The number of rotatable bonds is 3. The highest BCUT2D eigenvalue weighted by Crippen LogP contribution is 2.39. The van der Waals surface area contributed by atoms with Gasteiger partial charge in [-0.05, 0) is 66.6 Å². The number of nitrogens with one attached hydrogen (secondary N) is 1. The smallest absolute Gasteiger partial charge is 0.407 e. The van der Waals surface area contributed by atoms with Gasteiger partial charge in [-0.15, -0.1) is 5.10 Å². The van der Waals surface area contributed by atoms with Crippen LogP contribution >= 0.6 is 11.6 Å². The normalized spacial score (nSPS) is 23.3. The first-order valence-corrected chi connectivity index (χ1v) is 8.75. The fourth-order valence-electron chi connectivity index (χ4n) is 3.38. The molecule has 1 fully saturated rings. The van der Waals surface area contributed by atoms with Crippen molar-refractivity contribution >= 4 is 17.7 Å². The summed E-state index contributed by atoms with van der Waals surface area (Å²) in [6.07, 6.45) is 2.98. The molecule has 7 nitrogen and oxygen atoms in total. The Labute approximate surface area is 151 Å². The van der Waals surface area contributed by atoms with Gasteiger partial charge >= 0.3 is 6.09 Å². The zero-order chi connectivity index (χ0) is 18.0. The van der Waals surface area contributed by atoms with Crippen molar-refractivity contribution in [3.05, 3.63) is 34.6 Å². The molecule has 1 heterocycles. The van der Waals surface area contributed by atoms with Gasteiger partial charge in [0, 0.05) is 5.02 Å². The maximum Gasteiger partial charge on any atom is 0.407 e. The summed E-state index contributed by atoms with van der Waals surface area (Å²) in [6, 6.07) is 5.60. The Hall–Kier alpha value is -2.15. The average molecular weight is 364 g/mol. The third-order valence-corrected chi connectivity index (χ3v) is 5.43. The third-order valence-electron chi connectivity index (χ3n) is 5.02. The van der Waals surface area contributed by atoms with E-state index < -0.39 is 11.6 Å². The molecule has 1 aliphatic rings. The molecule has 2 aromatic rings. The molecule has 3 rings (SSSR count). The van der Waals surface area contributed by atoms with Crippen LogP contribution in [-0.4, -0.2) is 33.4 Å². The Kier molecular flexibility index (Phi) is 4.94. The molecule has 8 heteroatoms. The fraction of sp³-hybridized carbons (Fsp3) is 0.529. The first-order chi connectivity index (χ1) is 12.0. The number of alkyl carbamates (subject to hydrolysis) is 1. The molecule has 25 heavy (non-hydrogen) atoms. The van der Waals surface area contributed by atoms with Crippen LogP contribution in [0.3, 0.4) is 0 Å². The van der Waals surface area contributed by atoms with E-state index in [9.17, 15) is 4.79 Å². The van der Waals surface area contributed by atoms with Crippen LogP contribution in [0.2, 0.25) is 5.02 Å². The van der Waals surface area contributed by atoms with E-state index in [1.165, 1.54) is 7.11 Å². The summed E-state index contributed by atoms with van der Waals surface area (Å²) in [7, 11) is 1.36. The number of amides is 1. The third kappa shape index (κ3) is 3.33. The van der Waals surface area contributed by atoms with Crippen molar-refractivity contribution < 1.29 is 9.53 Å². The van der Waals surface area contributed by atoms with Gasteiger partial charge in [-0.2, -0.15) is 4.68 Å². The molecule has 1 amide bonds. The Bertz CT molecular complexity index is 768. The monoisotopic (exact) mass is 363 g/mol. The van der Waals surface area contributed by atoms with Crippen LogP contribution in [0.1, 0.15) is 44.0 Å². The predicted octanol–water partition coefficient (Wildman–Crippen LogP) is 3.39. The first-order valence-electron chi connectivity index (χ1n) is 8.37. The molecular formula is C17H22ClN5O2. The van der Waals surface area contributed by atoms with Crippen molar-refractivity contribution in [3.8, 4) is 5.69 Å². The molecule has 134 valence electrons. The second kappa shape index (κ2) is 7.00. The van der Waals surface area contributed by atoms with Gasteiger partial charge in [-0.25, -0.2) is 4.79 Å². The summed E-state index contributed by atoms with van der Waals surface area (Å²) >= 11 is 6.26. The van der Waals surface area contributed by atoms with Crippen LogP contribution in [-0.2, 0) is 10.3 Å². The number of ether oxygens (including phenoxy) is 1. The summed E-state index contributed by atoms with van der Waals surface area (Å²) in [5.74, 6) is 1.21. The van der Waals surface area contributed by atoms with Crippen molar-refractivity contribution in [2.75, 3.05) is 7.11 Å². The lowest BCUT2D eigenvalue weighted by Crippen LogP contribution is -2.49. The largest absolute Gasteiger partial charge is 0.453 e. The number of tetrazole rings is 1. The van der Waals surface area contributed by atoms with Crippen molar-refractivity contribution in [2.45, 2.75) is 45.1 Å². The van der Waals surface area contributed by atoms with Crippen LogP contribution in [0.5, 0.6) is 0 Å². The molecule has 0 bridgehead atoms. The Morgan fingerprint density at radius 2 is 2.12 bits per heavy atom. The zero-order valence-electron chi connectivity index (χ0n) is 14.6. The minimum Gasteiger partial charge on any atom is -0.453 e. The highest BCUT2D eigenvalue weighted by Gasteiger charge is 2.42. The van der Waals surface area contributed by atoms with Gasteiger partial charge in [0.05, 0.1) is 12.8 Å². The lowest BCUT2D eigenvalue weighted by molar-refractivity contribution is 0.130. The molecule has 0 unspecified atom stereocenters. The van der Waals surface area contributed by atoms with Gasteiger partial charge < -0.3 is 10.1 Å². The zero-order valence-corrected chi connectivity index (χ0v) is 15.4. The van der Waals surface area contributed by atoms with E-state index in [0.29, 0.717) is 16.8 Å². The van der Waals surface area contributed by atoms with Crippen LogP contribution < -0.4 is 5.32 Å². The standard InChI is InChI=1S/C17H22ClN5O2/c1-11-7-9-17(10-8-11,19-16(24)25-3)15-20-21-22-23(15)14-6-4-5-13(18)12(14)2/h4-6,11H,7-10H2,1-3H3,(H,19,24). The summed E-state index contributed by atoms with van der Waals surface area (Å²) < 4.78 is 6.52. The topological polar surface area (TPSA) is 81.9 Å². The lowest BCUT2D eigenvalue weighted by atomic mass is 9.76. The second-order valence-corrected chi connectivity index (χ2v) is 7.09. The van der Waals surface area contributed by atoms with Gasteiger partial charge in [-0.3, -0.25) is 0 Å². The van der Waals surface area contributed by atoms with E-state index in [0.717, 1.165) is 36.9 Å². The van der Waals surface area contributed by atoms with E-state index in [4.69, 9.17) is 16.3 Å². The molecule has 0 saturated heterocycles. The van der Waals surface area contributed by atoms with Crippen molar-refractivity contribution in [1.82, 2.24) is 25.5 Å². The number of hydrogen-bond acceptors (Lipinski definition) is 5. The van der Waals surface area contributed by atoms with Crippen molar-refractivity contribution in [1.29, 1.82) is 0 Å². The van der Waals surface area contributed by atoms with Crippen LogP contribution in [0, 0.1) is 12.8 Å². The number of carbonyl (C=O) groups is 1. The predicted molar refractivity (Wildman–Crippen MR) is 93.8 cm³/mol. The number of aromatic nitrogens is 4. The summed E-state index contributed by atoms with van der Waals surface area (Å²) in [4.78, 5) is 12.0. The van der Waals surface area contributed by atoms with Gasteiger partial charge in [0.25, 0.3) is 0 Å². The van der Waals surface area contributed by atoms with Crippen LogP contribution in [0.25, 0.3) is 5.69 Å². The van der Waals surface area contributed by atoms with E-state index in [1.54, 1.807) is 4.68 Å². The fourth-order valence-corrected chi connectivity index (χ4v) is 3.55. The van der Waals surface area contributed by atoms with Crippen molar-refractivity contribution in [2.24, 2.45) is 5.92 Å². The van der Waals surface area contributed by atoms with Crippen molar-refractivity contribution in [3.63, 3.8) is 0 Å². The quantitative estimate of drug-likeness (QED) is 0.903. The maximum atomic E-state index is 12.0. The van der Waals surface area contributed by atoms with E-state index in [-0.39, 0.29) is 0 Å². The molecule has 1 aromatic carbocycles. The van der Waals surface area contributed by atoms with E-state index in [1.807, 2.05) is 25.1 Å². The van der Waals surface area contributed by atoms with Gasteiger partial charge in [0.15, 0.2) is 5.82 Å². The first kappa shape index (κ1) is 17.7. The number of halogens is 1. The summed E-state index contributed by atoms with van der Waals surface area (Å²) in [5.41, 5.74) is 1.03. The van der Waals surface area contributed by atoms with E-state index >= 15 is 0 Å². The number of nitrogens with zero attached hydrogens (tertiary/aromatic N) is 4. The molecule has 0 spiro atoms. The molecule has 0 atom stereocenters. The summed E-state index contributed by atoms with van der Waals surface area (Å²) in [5, 5.41) is 15.9.